The summed E-state index contributed by atoms with van der Waals surface area (Å²) in [6.07, 6.45) is 5.71. The first-order chi connectivity index (χ1) is 8.85. The van der Waals surface area contributed by atoms with Crippen molar-refractivity contribution in [3.8, 4) is 0 Å². The molecule has 0 radical (unpaired) electrons. The molecule has 0 saturated carbocycles. The smallest absolute Gasteiger partial charge is 0.211 e. The first-order valence-corrected chi connectivity index (χ1v) is 9.38. The Balaban J connectivity index is 3.94. The van der Waals surface area contributed by atoms with Crippen LogP contribution in [0.5, 0.6) is 0 Å². The van der Waals surface area contributed by atoms with E-state index in [1.165, 1.54) is 23.4 Å². The van der Waals surface area contributed by atoms with Gasteiger partial charge in [0.05, 0.1) is 6.26 Å². The predicted octanol–water partition coefficient (Wildman–Crippen LogP) is 2.46. The van der Waals surface area contributed by atoms with E-state index in [1.807, 2.05) is 6.92 Å². The van der Waals surface area contributed by atoms with Gasteiger partial charge in [-0.2, -0.15) is 0 Å². The van der Waals surface area contributed by atoms with Crippen LogP contribution in [-0.2, 0) is 10.0 Å². The second-order valence-corrected chi connectivity index (χ2v) is 7.40. The highest BCUT2D eigenvalue weighted by atomic mass is 32.2. The molecule has 0 aliphatic carbocycles. The summed E-state index contributed by atoms with van der Waals surface area (Å²) in [4.78, 5) is 0. The Morgan fingerprint density at radius 3 is 2.21 bits per heavy atom. The summed E-state index contributed by atoms with van der Waals surface area (Å²) in [6.45, 7) is 10.7. The Kier molecular flexibility index (Phi) is 9.66. The summed E-state index contributed by atoms with van der Waals surface area (Å²) >= 11 is 0. The summed E-state index contributed by atoms with van der Waals surface area (Å²) in [7, 11) is -3.04. The van der Waals surface area contributed by atoms with E-state index in [9.17, 15) is 8.42 Å². The molecule has 0 rings (SSSR count). The Morgan fingerprint density at radius 2 is 1.79 bits per heavy atom. The average Bonchev–Trinajstić information content (AvgIpc) is 2.35. The first kappa shape index (κ1) is 18.9. The van der Waals surface area contributed by atoms with E-state index < -0.39 is 10.0 Å². The number of rotatable bonds is 11. The number of hydrogen-bond donors (Lipinski definition) is 1. The van der Waals surface area contributed by atoms with E-state index in [4.69, 9.17) is 0 Å². The fourth-order valence-corrected chi connectivity index (χ4v) is 3.10. The highest BCUT2D eigenvalue weighted by molar-refractivity contribution is 7.88. The van der Waals surface area contributed by atoms with Crippen molar-refractivity contribution in [3.63, 3.8) is 0 Å². The summed E-state index contributed by atoms with van der Waals surface area (Å²) in [5.74, 6) is 0.751. The van der Waals surface area contributed by atoms with Gasteiger partial charge < -0.3 is 5.32 Å². The summed E-state index contributed by atoms with van der Waals surface area (Å²) in [5, 5.41) is 3.54. The lowest BCUT2D eigenvalue weighted by atomic mass is 9.98. The molecule has 0 aliphatic heterocycles. The maximum atomic E-state index is 11.4. The lowest BCUT2D eigenvalue weighted by molar-refractivity contribution is 0.368. The van der Waals surface area contributed by atoms with Crippen LogP contribution in [0, 0.1) is 5.92 Å². The molecule has 0 aromatic rings. The molecular formula is C14H32N2O2S. The van der Waals surface area contributed by atoms with Gasteiger partial charge in [-0.15, -0.1) is 0 Å². The van der Waals surface area contributed by atoms with Crippen molar-refractivity contribution in [2.24, 2.45) is 5.92 Å². The van der Waals surface area contributed by atoms with Gasteiger partial charge in [0.2, 0.25) is 10.0 Å². The van der Waals surface area contributed by atoms with Crippen LogP contribution in [0.25, 0.3) is 0 Å². The van der Waals surface area contributed by atoms with Gasteiger partial charge in [-0.3, -0.25) is 0 Å². The third kappa shape index (κ3) is 8.60. The number of hydrogen-bond acceptors (Lipinski definition) is 3. The lowest BCUT2D eigenvalue weighted by Crippen LogP contribution is -2.35. The predicted molar refractivity (Wildman–Crippen MR) is 82.9 cm³/mol. The van der Waals surface area contributed by atoms with E-state index >= 15 is 0 Å². The second-order valence-electron chi connectivity index (χ2n) is 5.42. The standard InChI is InChI=1S/C14H32N2O2S/c1-6-13(4)12-14(7-2)15-10-9-11-16(8-3)19(5,17)18/h13-15H,6-12H2,1-5H3. The molecule has 0 amide bonds. The van der Waals surface area contributed by atoms with Gasteiger partial charge in [-0.05, 0) is 31.7 Å². The molecule has 1 N–H and O–H groups in total. The fraction of sp³-hybridized carbons (Fsp3) is 1.00. The SMILES string of the molecule is CCC(C)CC(CC)NCCCN(CC)S(C)(=O)=O. The molecule has 19 heavy (non-hydrogen) atoms. The Labute approximate surface area is 120 Å². The molecule has 0 aliphatic rings. The Bertz CT molecular complexity index is 317. The maximum Gasteiger partial charge on any atom is 0.211 e. The summed E-state index contributed by atoms with van der Waals surface area (Å²) in [6, 6.07) is 0.559. The first-order valence-electron chi connectivity index (χ1n) is 7.53. The molecule has 0 aromatic carbocycles. The van der Waals surface area contributed by atoms with Gasteiger partial charge in [0.25, 0.3) is 0 Å². The van der Waals surface area contributed by atoms with Crippen LogP contribution < -0.4 is 5.32 Å². The minimum Gasteiger partial charge on any atom is -0.314 e. The zero-order chi connectivity index (χ0) is 14.9. The van der Waals surface area contributed by atoms with Crippen molar-refractivity contribution >= 4 is 10.0 Å². The monoisotopic (exact) mass is 292 g/mol. The van der Waals surface area contributed by atoms with Crippen molar-refractivity contribution in [1.29, 1.82) is 0 Å². The van der Waals surface area contributed by atoms with Gasteiger partial charge >= 0.3 is 0 Å². The molecule has 116 valence electrons. The topological polar surface area (TPSA) is 49.4 Å². The van der Waals surface area contributed by atoms with Crippen molar-refractivity contribution in [1.82, 2.24) is 9.62 Å². The van der Waals surface area contributed by atoms with Gasteiger partial charge in [0.1, 0.15) is 0 Å². The number of nitrogens with one attached hydrogen (secondary N) is 1. The summed E-state index contributed by atoms with van der Waals surface area (Å²) < 4.78 is 24.4. The van der Waals surface area contributed by atoms with Crippen LogP contribution >= 0.6 is 0 Å². The third-order valence-corrected chi connectivity index (χ3v) is 5.09. The van der Waals surface area contributed by atoms with Crippen molar-refractivity contribution in [2.75, 3.05) is 25.9 Å². The molecule has 0 fully saturated rings. The second kappa shape index (κ2) is 9.72. The quantitative estimate of drug-likeness (QED) is 0.595. The fourth-order valence-electron chi connectivity index (χ4n) is 2.17. The zero-order valence-corrected chi connectivity index (χ0v) is 14.1. The molecule has 0 bridgehead atoms. The molecule has 4 nitrogen and oxygen atoms in total. The molecule has 5 heteroatoms. The van der Waals surface area contributed by atoms with Crippen LogP contribution in [-0.4, -0.2) is 44.7 Å². The normalized spacial score (nSPS) is 15.7. The Hall–Kier alpha value is -0.130. The van der Waals surface area contributed by atoms with Crippen molar-refractivity contribution < 1.29 is 8.42 Å². The van der Waals surface area contributed by atoms with Gasteiger partial charge in [0, 0.05) is 19.1 Å². The van der Waals surface area contributed by atoms with E-state index in [0.29, 0.717) is 19.1 Å². The minimum atomic E-state index is -3.04. The van der Waals surface area contributed by atoms with E-state index in [-0.39, 0.29) is 0 Å². The Morgan fingerprint density at radius 1 is 1.16 bits per heavy atom. The van der Waals surface area contributed by atoms with Crippen molar-refractivity contribution in [2.45, 2.75) is 59.4 Å². The van der Waals surface area contributed by atoms with Crippen LogP contribution in [0.15, 0.2) is 0 Å². The summed E-state index contributed by atoms with van der Waals surface area (Å²) in [5.41, 5.74) is 0. The molecular weight excluding hydrogens is 260 g/mol. The molecule has 0 aromatic heterocycles. The zero-order valence-electron chi connectivity index (χ0n) is 13.3. The van der Waals surface area contributed by atoms with Crippen LogP contribution in [0.2, 0.25) is 0 Å². The van der Waals surface area contributed by atoms with Gasteiger partial charge in [0.15, 0.2) is 0 Å². The van der Waals surface area contributed by atoms with Gasteiger partial charge in [-0.25, -0.2) is 12.7 Å². The molecule has 0 spiro atoms. The van der Waals surface area contributed by atoms with Crippen LogP contribution in [0.3, 0.4) is 0 Å². The highest BCUT2D eigenvalue weighted by Gasteiger charge is 2.14. The number of nitrogens with zero attached hydrogens (tertiary/aromatic N) is 1. The molecule has 2 unspecified atom stereocenters. The van der Waals surface area contributed by atoms with E-state index in [1.54, 1.807) is 0 Å². The van der Waals surface area contributed by atoms with E-state index in [2.05, 4.69) is 26.1 Å². The van der Waals surface area contributed by atoms with Gasteiger partial charge in [-0.1, -0.05) is 34.1 Å². The van der Waals surface area contributed by atoms with Crippen molar-refractivity contribution in [3.05, 3.63) is 0 Å². The highest BCUT2D eigenvalue weighted by Crippen LogP contribution is 2.11. The molecule has 2 atom stereocenters. The minimum absolute atomic E-state index is 0.558. The van der Waals surface area contributed by atoms with E-state index in [0.717, 1.165) is 25.3 Å². The maximum absolute atomic E-state index is 11.4. The lowest BCUT2D eigenvalue weighted by Gasteiger charge is -2.22. The average molecular weight is 292 g/mol. The van der Waals surface area contributed by atoms with Crippen LogP contribution in [0.1, 0.15) is 53.4 Å². The number of sulfonamides is 1. The molecule has 0 heterocycles. The third-order valence-electron chi connectivity index (χ3n) is 3.72. The van der Waals surface area contributed by atoms with Crippen LogP contribution in [0.4, 0.5) is 0 Å². The largest absolute Gasteiger partial charge is 0.314 e. The molecule has 0 saturated heterocycles.